The predicted molar refractivity (Wildman–Crippen MR) is 58.8 cm³/mol. The van der Waals surface area contributed by atoms with E-state index in [0.717, 1.165) is 5.56 Å². The second kappa shape index (κ2) is 4.39. The van der Waals surface area contributed by atoms with Crippen molar-refractivity contribution < 1.29 is 0 Å². The summed E-state index contributed by atoms with van der Waals surface area (Å²) in [6, 6.07) is 10.2. The summed E-state index contributed by atoms with van der Waals surface area (Å²) in [4.78, 5) is 0. The molecule has 66 valence electrons. The van der Waals surface area contributed by atoms with E-state index >= 15 is 0 Å². The number of benzene rings is 1. The van der Waals surface area contributed by atoms with Gasteiger partial charge in [0, 0.05) is 5.56 Å². The number of hydrogen-bond acceptors (Lipinski definition) is 1. The normalized spacial score (nSPS) is 20.8. The van der Waals surface area contributed by atoms with Crippen LogP contribution in [0.1, 0.15) is 18.4 Å². The molecule has 13 heavy (non-hydrogen) atoms. The molecule has 0 nitrogen and oxygen atoms in total. The van der Waals surface area contributed by atoms with Crippen molar-refractivity contribution in [1.82, 2.24) is 0 Å². The molecule has 1 saturated heterocycles. The van der Waals surface area contributed by atoms with Crippen molar-refractivity contribution in [3.8, 4) is 11.8 Å². The third kappa shape index (κ3) is 2.54. The molecule has 1 atom stereocenters. The van der Waals surface area contributed by atoms with Crippen LogP contribution in [0.5, 0.6) is 0 Å². The molecule has 2 rings (SSSR count). The minimum absolute atomic E-state index is 0.584. The van der Waals surface area contributed by atoms with Gasteiger partial charge in [-0.05, 0) is 30.7 Å². The average Bonchev–Trinajstić information content (AvgIpc) is 2.69. The largest absolute Gasteiger partial charge is 0.145 e. The summed E-state index contributed by atoms with van der Waals surface area (Å²) in [6.07, 6.45) is 2.60. The molecule has 0 unspecified atom stereocenters. The van der Waals surface area contributed by atoms with E-state index in [1.54, 1.807) is 0 Å². The van der Waals surface area contributed by atoms with Gasteiger partial charge in [0.2, 0.25) is 0 Å². The van der Waals surface area contributed by atoms with E-state index < -0.39 is 0 Å². The summed E-state index contributed by atoms with van der Waals surface area (Å²) in [5.74, 6) is 7.81. The van der Waals surface area contributed by atoms with E-state index in [-0.39, 0.29) is 0 Å². The van der Waals surface area contributed by atoms with Gasteiger partial charge in [-0.15, -0.1) is 11.8 Å². The number of rotatable bonds is 0. The quantitative estimate of drug-likeness (QED) is 0.564. The zero-order valence-electron chi connectivity index (χ0n) is 7.49. The molecule has 1 aromatic rings. The summed E-state index contributed by atoms with van der Waals surface area (Å²) in [7, 11) is 0. The van der Waals surface area contributed by atoms with Gasteiger partial charge >= 0.3 is 0 Å². The SMILES string of the molecule is C(#C[C@H]1CCCS1)c1ccccc1. The highest BCUT2D eigenvalue weighted by molar-refractivity contribution is 8.00. The van der Waals surface area contributed by atoms with Crippen LogP contribution in [-0.2, 0) is 0 Å². The van der Waals surface area contributed by atoms with Crippen LogP contribution in [0, 0.1) is 11.8 Å². The predicted octanol–water partition coefficient (Wildman–Crippen LogP) is 2.93. The maximum absolute atomic E-state index is 3.31. The molecule has 1 aromatic carbocycles. The van der Waals surface area contributed by atoms with E-state index in [9.17, 15) is 0 Å². The minimum atomic E-state index is 0.584. The van der Waals surface area contributed by atoms with E-state index in [1.165, 1.54) is 18.6 Å². The molecule has 1 fully saturated rings. The zero-order chi connectivity index (χ0) is 8.93. The van der Waals surface area contributed by atoms with Gasteiger partial charge in [-0.1, -0.05) is 30.0 Å². The molecule has 0 aliphatic carbocycles. The maximum Gasteiger partial charge on any atom is 0.0661 e. The van der Waals surface area contributed by atoms with Crippen molar-refractivity contribution in [2.45, 2.75) is 18.1 Å². The molecule has 1 aliphatic rings. The van der Waals surface area contributed by atoms with Gasteiger partial charge in [0.1, 0.15) is 0 Å². The lowest BCUT2D eigenvalue weighted by molar-refractivity contribution is 0.894. The van der Waals surface area contributed by atoms with E-state index in [0.29, 0.717) is 5.25 Å². The van der Waals surface area contributed by atoms with Crippen molar-refractivity contribution in [1.29, 1.82) is 0 Å². The lowest BCUT2D eigenvalue weighted by atomic mass is 10.2. The standard InChI is InChI=1S/C12H12S/c1-2-5-11(6-3-1)8-9-12-7-4-10-13-12/h1-3,5-6,12H,4,7,10H2/t12-/m1/s1. The monoisotopic (exact) mass is 188 g/mol. The molecule has 0 aromatic heterocycles. The van der Waals surface area contributed by atoms with Gasteiger partial charge in [0.15, 0.2) is 0 Å². The first-order chi connectivity index (χ1) is 6.45. The molecule has 1 heterocycles. The van der Waals surface area contributed by atoms with E-state index in [2.05, 4.69) is 24.0 Å². The molecule has 0 spiro atoms. The molecule has 0 bridgehead atoms. The molecule has 0 radical (unpaired) electrons. The third-order valence-electron chi connectivity index (χ3n) is 2.08. The number of hydrogen-bond donors (Lipinski definition) is 0. The summed E-state index contributed by atoms with van der Waals surface area (Å²) < 4.78 is 0. The Labute approximate surface area is 83.7 Å². The highest BCUT2D eigenvalue weighted by Gasteiger charge is 2.11. The lowest BCUT2D eigenvalue weighted by Gasteiger charge is -1.94. The topological polar surface area (TPSA) is 0 Å². The van der Waals surface area contributed by atoms with Crippen molar-refractivity contribution in [3.05, 3.63) is 35.9 Å². The molecule has 0 amide bonds. The third-order valence-corrected chi connectivity index (χ3v) is 3.36. The molecular formula is C12H12S. The van der Waals surface area contributed by atoms with Gasteiger partial charge in [0.25, 0.3) is 0 Å². The molecule has 1 heteroatoms. The maximum atomic E-state index is 3.31. The highest BCUT2D eigenvalue weighted by atomic mass is 32.2. The van der Waals surface area contributed by atoms with Gasteiger partial charge < -0.3 is 0 Å². The Bertz CT molecular complexity index is 312. The second-order valence-electron chi connectivity index (χ2n) is 3.14. The highest BCUT2D eigenvalue weighted by Crippen LogP contribution is 2.25. The van der Waals surface area contributed by atoms with Crippen molar-refractivity contribution in [3.63, 3.8) is 0 Å². The van der Waals surface area contributed by atoms with Crippen LogP contribution < -0.4 is 0 Å². The van der Waals surface area contributed by atoms with Gasteiger partial charge in [-0.3, -0.25) is 0 Å². The van der Waals surface area contributed by atoms with Gasteiger partial charge in [-0.2, -0.15) is 0 Å². The van der Waals surface area contributed by atoms with Crippen molar-refractivity contribution in [2.24, 2.45) is 0 Å². The summed E-state index contributed by atoms with van der Waals surface area (Å²) >= 11 is 1.99. The average molecular weight is 188 g/mol. The van der Waals surface area contributed by atoms with E-state index in [1.807, 2.05) is 30.0 Å². The van der Waals surface area contributed by atoms with E-state index in [4.69, 9.17) is 0 Å². The number of thioether (sulfide) groups is 1. The van der Waals surface area contributed by atoms with Gasteiger partial charge in [0.05, 0.1) is 5.25 Å². The fraction of sp³-hybridized carbons (Fsp3) is 0.333. The smallest absolute Gasteiger partial charge is 0.0661 e. The van der Waals surface area contributed by atoms with Crippen LogP contribution in [0.4, 0.5) is 0 Å². The Hall–Kier alpha value is -0.870. The van der Waals surface area contributed by atoms with Gasteiger partial charge in [-0.25, -0.2) is 0 Å². The lowest BCUT2D eigenvalue weighted by Crippen LogP contribution is -1.89. The summed E-state index contributed by atoms with van der Waals surface area (Å²) in [5, 5.41) is 0.584. The van der Waals surface area contributed by atoms with Crippen LogP contribution in [0.2, 0.25) is 0 Å². The Morgan fingerprint density at radius 3 is 2.77 bits per heavy atom. The fourth-order valence-corrected chi connectivity index (χ4v) is 2.47. The first-order valence-electron chi connectivity index (χ1n) is 4.63. The Balaban J connectivity index is 2.03. The molecule has 0 saturated carbocycles. The first kappa shape index (κ1) is 8.72. The molecular weight excluding hydrogens is 176 g/mol. The van der Waals surface area contributed by atoms with Crippen molar-refractivity contribution in [2.75, 3.05) is 5.75 Å². The second-order valence-corrected chi connectivity index (χ2v) is 4.45. The van der Waals surface area contributed by atoms with Crippen LogP contribution >= 0.6 is 11.8 Å². The minimum Gasteiger partial charge on any atom is -0.145 e. The Morgan fingerprint density at radius 1 is 1.23 bits per heavy atom. The zero-order valence-corrected chi connectivity index (χ0v) is 8.31. The Morgan fingerprint density at radius 2 is 2.08 bits per heavy atom. The van der Waals surface area contributed by atoms with Crippen LogP contribution in [0.25, 0.3) is 0 Å². The van der Waals surface area contributed by atoms with Crippen molar-refractivity contribution >= 4 is 11.8 Å². The van der Waals surface area contributed by atoms with Crippen LogP contribution in [0.3, 0.4) is 0 Å². The first-order valence-corrected chi connectivity index (χ1v) is 5.68. The summed E-state index contributed by atoms with van der Waals surface area (Å²) in [5.41, 5.74) is 1.13. The van der Waals surface area contributed by atoms with Crippen LogP contribution in [-0.4, -0.2) is 11.0 Å². The Kier molecular flexibility index (Phi) is 2.94. The molecule has 1 aliphatic heterocycles. The van der Waals surface area contributed by atoms with Crippen LogP contribution in [0.15, 0.2) is 30.3 Å². The summed E-state index contributed by atoms with van der Waals surface area (Å²) in [6.45, 7) is 0. The molecule has 0 N–H and O–H groups in total. The fourth-order valence-electron chi connectivity index (χ4n) is 1.38.